The van der Waals surface area contributed by atoms with E-state index < -0.39 is 5.97 Å². The van der Waals surface area contributed by atoms with Crippen LogP contribution in [0.2, 0.25) is 0 Å². The zero-order valence-corrected chi connectivity index (χ0v) is 12.6. The molecule has 0 amide bonds. The van der Waals surface area contributed by atoms with Gasteiger partial charge in [-0.1, -0.05) is 0 Å². The van der Waals surface area contributed by atoms with Crippen molar-refractivity contribution < 1.29 is 9.90 Å². The first kappa shape index (κ1) is 13.1. The van der Waals surface area contributed by atoms with Gasteiger partial charge in [-0.05, 0) is 88.0 Å². The van der Waals surface area contributed by atoms with Crippen molar-refractivity contribution in [2.45, 2.75) is 70.4 Å². The lowest BCUT2D eigenvalue weighted by Crippen LogP contribution is -2.57. The van der Waals surface area contributed by atoms with E-state index in [9.17, 15) is 9.90 Å². The zero-order chi connectivity index (χ0) is 13.9. The number of hydrogen-bond donors (Lipinski definition) is 1. The first-order chi connectivity index (χ1) is 9.57. The Bertz CT molecular complexity index is 384. The molecule has 0 radical (unpaired) electrons. The highest BCUT2D eigenvalue weighted by molar-refractivity contribution is 5.73. The molecule has 4 aliphatic carbocycles. The van der Waals surface area contributed by atoms with Gasteiger partial charge in [0.1, 0.15) is 6.04 Å². The van der Waals surface area contributed by atoms with Crippen molar-refractivity contribution >= 4 is 5.97 Å². The topological polar surface area (TPSA) is 40.5 Å². The van der Waals surface area contributed by atoms with Gasteiger partial charge in [-0.25, -0.2) is 0 Å². The quantitative estimate of drug-likeness (QED) is 0.861. The summed E-state index contributed by atoms with van der Waals surface area (Å²) in [5.41, 5.74) is 0.451. The molecule has 5 aliphatic rings. The monoisotopic (exact) mass is 277 g/mol. The molecule has 2 unspecified atom stereocenters. The van der Waals surface area contributed by atoms with E-state index in [2.05, 4.69) is 11.8 Å². The molecular formula is C17H27NO2. The molecule has 5 rings (SSSR count). The molecule has 4 bridgehead atoms. The minimum atomic E-state index is -0.598. The van der Waals surface area contributed by atoms with Gasteiger partial charge in [0.2, 0.25) is 0 Å². The van der Waals surface area contributed by atoms with E-state index in [0.717, 1.165) is 37.1 Å². The SMILES string of the molecule is CC(N1CCCC1C(=O)O)C12CC3CC(CC(C3)C1)C2. The molecule has 20 heavy (non-hydrogen) atoms. The van der Waals surface area contributed by atoms with Gasteiger partial charge in [0, 0.05) is 6.04 Å². The van der Waals surface area contributed by atoms with E-state index in [0.29, 0.717) is 11.5 Å². The van der Waals surface area contributed by atoms with Gasteiger partial charge >= 0.3 is 5.97 Å². The number of carboxylic acid groups (broad SMARTS) is 1. The van der Waals surface area contributed by atoms with Crippen molar-refractivity contribution in [2.75, 3.05) is 6.54 Å². The second-order valence-electron chi connectivity index (χ2n) is 8.19. The molecule has 3 nitrogen and oxygen atoms in total. The van der Waals surface area contributed by atoms with Gasteiger partial charge < -0.3 is 5.11 Å². The zero-order valence-electron chi connectivity index (χ0n) is 12.6. The van der Waals surface area contributed by atoms with Crippen molar-refractivity contribution in [2.24, 2.45) is 23.2 Å². The van der Waals surface area contributed by atoms with Crippen LogP contribution in [0.5, 0.6) is 0 Å². The van der Waals surface area contributed by atoms with E-state index in [1.807, 2.05) is 0 Å². The number of carboxylic acids is 1. The molecule has 1 saturated heterocycles. The Hall–Kier alpha value is -0.570. The minimum Gasteiger partial charge on any atom is -0.480 e. The van der Waals surface area contributed by atoms with Gasteiger partial charge in [-0.15, -0.1) is 0 Å². The molecule has 0 aromatic rings. The summed E-state index contributed by atoms with van der Waals surface area (Å²) in [5.74, 6) is 2.26. The Balaban J connectivity index is 1.58. The number of nitrogens with zero attached hydrogens (tertiary/aromatic N) is 1. The van der Waals surface area contributed by atoms with Gasteiger partial charge in [-0.3, -0.25) is 9.69 Å². The number of aliphatic carboxylic acids is 1. The maximum absolute atomic E-state index is 11.5. The van der Waals surface area contributed by atoms with E-state index in [1.165, 1.54) is 38.5 Å². The number of rotatable bonds is 3. The van der Waals surface area contributed by atoms with Gasteiger partial charge in [0.25, 0.3) is 0 Å². The van der Waals surface area contributed by atoms with Gasteiger partial charge in [0.15, 0.2) is 0 Å². The molecule has 112 valence electrons. The molecule has 1 N–H and O–H groups in total. The largest absolute Gasteiger partial charge is 0.480 e. The van der Waals surface area contributed by atoms with Crippen LogP contribution in [0.25, 0.3) is 0 Å². The molecule has 1 aliphatic heterocycles. The maximum atomic E-state index is 11.5. The fraction of sp³-hybridized carbons (Fsp3) is 0.941. The Morgan fingerprint density at radius 2 is 1.70 bits per heavy atom. The normalized spacial score (nSPS) is 48.6. The summed E-state index contributed by atoms with van der Waals surface area (Å²) in [6.07, 6.45) is 10.5. The van der Waals surface area contributed by atoms with E-state index >= 15 is 0 Å². The van der Waals surface area contributed by atoms with Crippen molar-refractivity contribution in [3.63, 3.8) is 0 Å². The third-order valence-corrected chi connectivity index (χ3v) is 7.05. The summed E-state index contributed by atoms with van der Waals surface area (Å²) >= 11 is 0. The van der Waals surface area contributed by atoms with Crippen LogP contribution in [0.1, 0.15) is 58.3 Å². The summed E-state index contributed by atoms with van der Waals surface area (Å²) in [6.45, 7) is 3.34. The standard InChI is InChI=1S/C17H27NO2/c1-11(18-4-2-3-15(18)16(19)20)17-8-12-5-13(9-17)7-14(6-12)10-17/h11-15H,2-10H2,1H3,(H,19,20). The smallest absolute Gasteiger partial charge is 0.320 e. The minimum absolute atomic E-state index is 0.210. The average Bonchev–Trinajstić information content (AvgIpc) is 2.85. The van der Waals surface area contributed by atoms with Crippen molar-refractivity contribution in [1.29, 1.82) is 0 Å². The van der Waals surface area contributed by atoms with Crippen LogP contribution in [-0.2, 0) is 4.79 Å². The van der Waals surface area contributed by atoms with Crippen LogP contribution in [0.15, 0.2) is 0 Å². The fourth-order valence-electron chi connectivity index (χ4n) is 6.56. The summed E-state index contributed by atoms with van der Waals surface area (Å²) in [5, 5.41) is 9.47. The summed E-state index contributed by atoms with van der Waals surface area (Å²) in [6, 6.07) is 0.262. The van der Waals surface area contributed by atoms with E-state index in [-0.39, 0.29) is 6.04 Å². The predicted octanol–water partition coefficient (Wildman–Crippen LogP) is 3.14. The molecule has 2 atom stereocenters. The van der Waals surface area contributed by atoms with Crippen molar-refractivity contribution in [3.8, 4) is 0 Å². The lowest BCUT2D eigenvalue weighted by Gasteiger charge is -2.60. The molecule has 5 fully saturated rings. The van der Waals surface area contributed by atoms with Crippen molar-refractivity contribution in [1.82, 2.24) is 4.90 Å². The lowest BCUT2D eigenvalue weighted by molar-refractivity contribution is -0.147. The van der Waals surface area contributed by atoms with Crippen LogP contribution in [0, 0.1) is 23.2 Å². The van der Waals surface area contributed by atoms with Crippen LogP contribution >= 0.6 is 0 Å². The molecular weight excluding hydrogens is 250 g/mol. The third kappa shape index (κ3) is 1.85. The van der Waals surface area contributed by atoms with Gasteiger partial charge in [-0.2, -0.15) is 0 Å². The Morgan fingerprint density at radius 1 is 1.15 bits per heavy atom. The fourth-order valence-corrected chi connectivity index (χ4v) is 6.56. The Kier molecular flexibility index (Phi) is 2.93. The molecule has 3 heteroatoms. The number of hydrogen-bond acceptors (Lipinski definition) is 2. The molecule has 0 spiro atoms. The predicted molar refractivity (Wildman–Crippen MR) is 77.4 cm³/mol. The summed E-state index contributed by atoms with van der Waals surface area (Å²) < 4.78 is 0. The lowest BCUT2D eigenvalue weighted by atomic mass is 9.47. The maximum Gasteiger partial charge on any atom is 0.320 e. The van der Waals surface area contributed by atoms with Crippen LogP contribution < -0.4 is 0 Å². The highest BCUT2D eigenvalue weighted by Crippen LogP contribution is 2.62. The summed E-state index contributed by atoms with van der Waals surface area (Å²) in [7, 11) is 0. The molecule has 0 aromatic carbocycles. The van der Waals surface area contributed by atoms with Crippen LogP contribution in [0.3, 0.4) is 0 Å². The highest BCUT2D eigenvalue weighted by atomic mass is 16.4. The van der Waals surface area contributed by atoms with Gasteiger partial charge in [0.05, 0.1) is 0 Å². The van der Waals surface area contributed by atoms with E-state index in [4.69, 9.17) is 0 Å². The summed E-state index contributed by atoms with van der Waals surface area (Å²) in [4.78, 5) is 13.8. The number of likely N-dealkylation sites (tertiary alicyclic amines) is 1. The molecule has 0 aromatic heterocycles. The first-order valence-corrected chi connectivity index (χ1v) is 8.56. The molecule has 1 heterocycles. The van der Waals surface area contributed by atoms with E-state index in [1.54, 1.807) is 0 Å². The first-order valence-electron chi connectivity index (χ1n) is 8.56. The molecule has 4 saturated carbocycles. The third-order valence-electron chi connectivity index (χ3n) is 7.05. The van der Waals surface area contributed by atoms with Crippen molar-refractivity contribution in [3.05, 3.63) is 0 Å². The average molecular weight is 277 g/mol. The highest BCUT2D eigenvalue weighted by Gasteiger charge is 2.55. The van der Waals surface area contributed by atoms with Crippen LogP contribution in [0.4, 0.5) is 0 Å². The Morgan fingerprint density at radius 3 is 2.20 bits per heavy atom. The second kappa shape index (κ2) is 4.46. The second-order valence-corrected chi connectivity index (χ2v) is 8.19. The number of carbonyl (C=O) groups is 1. The van der Waals surface area contributed by atoms with Crippen LogP contribution in [-0.4, -0.2) is 34.6 Å². The Labute approximate surface area is 121 Å².